The van der Waals surface area contributed by atoms with Crippen LogP contribution in [-0.4, -0.2) is 30.4 Å². The number of hydrogen-bond donors (Lipinski definition) is 1. The van der Waals surface area contributed by atoms with Crippen molar-refractivity contribution in [1.29, 1.82) is 0 Å². The average molecular weight is 338 g/mol. The third-order valence-corrected chi connectivity index (χ3v) is 3.82. The van der Waals surface area contributed by atoms with Crippen LogP contribution in [0.15, 0.2) is 64.5 Å². The molecule has 118 valence electrons. The largest absolute Gasteiger partial charge is 0.431 e. The van der Waals surface area contributed by atoms with E-state index in [-0.39, 0.29) is 5.24 Å². The van der Waals surface area contributed by atoms with Crippen molar-refractivity contribution in [2.24, 2.45) is 0 Å². The van der Waals surface area contributed by atoms with Gasteiger partial charge in [-0.15, -0.1) is 5.10 Å². The number of carbonyl (C=O) groups is 1. The van der Waals surface area contributed by atoms with Gasteiger partial charge in [0.1, 0.15) is 11.8 Å². The number of thioether (sulfide) groups is 1. The van der Waals surface area contributed by atoms with E-state index in [0.717, 1.165) is 23.0 Å². The van der Waals surface area contributed by atoms with Crippen molar-refractivity contribution in [3.8, 4) is 5.69 Å². The molecule has 2 heterocycles. The second-order valence-corrected chi connectivity index (χ2v) is 5.69. The molecule has 2 aromatic heterocycles. The van der Waals surface area contributed by atoms with Crippen molar-refractivity contribution in [1.82, 2.24) is 25.2 Å². The monoisotopic (exact) mass is 338 g/mol. The summed E-state index contributed by atoms with van der Waals surface area (Å²) < 4.78 is 7.04. The van der Waals surface area contributed by atoms with Crippen LogP contribution in [0, 0.1) is 0 Å². The van der Waals surface area contributed by atoms with Crippen molar-refractivity contribution < 1.29 is 9.21 Å². The number of benzene rings is 2. The maximum absolute atomic E-state index is 12.1. The van der Waals surface area contributed by atoms with Crippen molar-refractivity contribution in [3.63, 3.8) is 0 Å². The summed E-state index contributed by atoms with van der Waals surface area (Å²) in [5.74, 6) is 0. The van der Waals surface area contributed by atoms with E-state index >= 15 is 0 Å². The van der Waals surface area contributed by atoms with Crippen molar-refractivity contribution in [2.75, 3.05) is 5.32 Å². The molecule has 24 heavy (non-hydrogen) atoms. The lowest BCUT2D eigenvalue weighted by Crippen LogP contribution is -2.05. The molecule has 4 aromatic rings. The fourth-order valence-electron chi connectivity index (χ4n) is 2.09. The topological polar surface area (TPSA) is 98.7 Å². The molecular formula is C15H10N6O2S. The van der Waals surface area contributed by atoms with Crippen LogP contribution < -0.4 is 5.32 Å². The molecule has 0 saturated heterocycles. The van der Waals surface area contributed by atoms with Gasteiger partial charge in [0, 0.05) is 17.4 Å². The quantitative estimate of drug-likeness (QED) is 0.573. The highest BCUT2D eigenvalue weighted by molar-refractivity contribution is 8.13. The van der Waals surface area contributed by atoms with E-state index in [2.05, 4.69) is 25.8 Å². The van der Waals surface area contributed by atoms with Gasteiger partial charge in [-0.05, 0) is 46.8 Å². The molecule has 0 unspecified atom stereocenters. The number of nitrogens with one attached hydrogen (secondary N) is 1. The van der Waals surface area contributed by atoms with Crippen LogP contribution in [0.3, 0.4) is 0 Å². The van der Waals surface area contributed by atoms with Crippen LogP contribution >= 0.6 is 11.8 Å². The zero-order chi connectivity index (χ0) is 16.4. The van der Waals surface area contributed by atoms with Gasteiger partial charge in [-0.25, -0.2) is 9.67 Å². The molecule has 0 aliphatic heterocycles. The maximum atomic E-state index is 12.1. The standard InChI is InChI=1S/C15H10N6O2S/c22-14(24-15-18-12-3-1-2-4-13(12)23-15)17-10-5-7-11(8-6-10)21-9-16-19-20-21/h1-9H,(H,17,22). The summed E-state index contributed by atoms with van der Waals surface area (Å²) in [5.41, 5.74) is 2.82. The molecule has 0 bridgehead atoms. The molecule has 0 atom stereocenters. The Balaban J connectivity index is 1.44. The highest BCUT2D eigenvalue weighted by Crippen LogP contribution is 2.25. The highest BCUT2D eigenvalue weighted by atomic mass is 32.2. The molecule has 0 aliphatic carbocycles. The molecule has 0 fully saturated rings. The van der Waals surface area contributed by atoms with E-state index in [9.17, 15) is 4.79 Å². The van der Waals surface area contributed by atoms with Crippen LogP contribution in [0.25, 0.3) is 16.8 Å². The van der Waals surface area contributed by atoms with Gasteiger partial charge in [-0.2, -0.15) is 0 Å². The number of amides is 1. The third kappa shape index (κ3) is 2.97. The number of nitrogens with zero attached hydrogens (tertiary/aromatic N) is 5. The van der Waals surface area contributed by atoms with Crippen molar-refractivity contribution in [3.05, 3.63) is 54.9 Å². The molecular weight excluding hydrogens is 328 g/mol. The van der Waals surface area contributed by atoms with Crippen LogP contribution in [0.5, 0.6) is 0 Å². The number of fused-ring (bicyclic) bond motifs is 1. The molecule has 8 nitrogen and oxygen atoms in total. The average Bonchev–Trinajstić information content (AvgIpc) is 3.24. The number of carbonyl (C=O) groups excluding carboxylic acids is 1. The van der Waals surface area contributed by atoms with E-state index in [0.29, 0.717) is 16.5 Å². The predicted octanol–water partition coefficient (Wildman–Crippen LogP) is 3.13. The number of aromatic nitrogens is 5. The fraction of sp³-hybridized carbons (Fsp3) is 0. The van der Waals surface area contributed by atoms with Gasteiger partial charge in [0.15, 0.2) is 5.58 Å². The molecule has 9 heteroatoms. The van der Waals surface area contributed by atoms with E-state index in [1.807, 2.05) is 24.3 Å². The van der Waals surface area contributed by atoms with E-state index in [1.165, 1.54) is 11.0 Å². The Bertz CT molecular complexity index is 948. The lowest BCUT2D eigenvalue weighted by atomic mass is 10.3. The van der Waals surface area contributed by atoms with E-state index in [1.54, 1.807) is 24.3 Å². The van der Waals surface area contributed by atoms with Gasteiger partial charge >= 0.3 is 0 Å². The number of para-hydroxylation sites is 2. The summed E-state index contributed by atoms with van der Waals surface area (Å²) in [6.07, 6.45) is 1.50. The molecule has 0 saturated carbocycles. The Kier molecular flexibility index (Phi) is 3.67. The molecule has 0 spiro atoms. The summed E-state index contributed by atoms with van der Waals surface area (Å²) >= 11 is 0.901. The van der Waals surface area contributed by atoms with Gasteiger partial charge in [0.2, 0.25) is 0 Å². The SMILES string of the molecule is O=C(Nc1ccc(-n2cnnn2)cc1)Sc1nc2ccccc2o1. The van der Waals surface area contributed by atoms with Gasteiger partial charge in [0.05, 0.1) is 5.69 Å². The zero-order valence-electron chi connectivity index (χ0n) is 12.2. The van der Waals surface area contributed by atoms with Crippen LogP contribution in [0.4, 0.5) is 10.5 Å². The minimum atomic E-state index is -0.281. The Morgan fingerprint density at radius 3 is 2.71 bits per heavy atom. The first-order chi connectivity index (χ1) is 11.8. The first-order valence-corrected chi connectivity index (χ1v) is 7.77. The summed E-state index contributed by atoms with van der Waals surface area (Å²) in [4.78, 5) is 16.3. The molecule has 2 aromatic carbocycles. The van der Waals surface area contributed by atoms with E-state index in [4.69, 9.17) is 4.42 Å². The normalized spacial score (nSPS) is 10.8. The van der Waals surface area contributed by atoms with Gasteiger partial charge < -0.3 is 9.73 Å². The molecule has 0 aliphatic rings. The van der Waals surface area contributed by atoms with Crippen molar-refractivity contribution in [2.45, 2.75) is 5.22 Å². The Morgan fingerprint density at radius 1 is 1.12 bits per heavy atom. The lowest BCUT2D eigenvalue weighted by molar-refractivity contribution is 0.269. The Labute approximate surface area is 139 Å². The van der Waals surface area contributed by atoms with Gasteiger partial charge in [0.25, 0.3) is 10.5 Å². The summed E-state index contributed by atoms with van der Waals surface area (Å²) in [6.45, 7) is 0. The number of rotatable bonds is 3. The minimum Gasteiger partial charge on any atom is -0.431 e. The first kappa shape index (κ1) is 14.4. The summed E-state index contributed by atoms with van der Waals surface area (Å²) in [6, 6.07) is 14.5. The minimum absolute atomic E-state index is 0.281. The van der Waals surface area contributed by atoms with E-state index < -0.39 is 0 Å². The highest BCUT2D eigenvalue weighted by Gasteiger charge is 2.12. The number of oxazole rings is 1. The molecule has 4 rings (SSSR count). The van der Waals surface area contributed by atoms with Gasteiger partial charge in [-0.1, -0.05) is 12.1 Å². The maximum Gasteiger partial charge on any atom is 0.292 e. The number of anilines is 1. The third-order valence-electron chi connectivity index (χ3n) is 3.18. The second-order valence-electron chi connectivity index (χ2n) is 4.76. The van der Waals surface area contributed by atoms with Crippen LogP contribution in [0.1, 0.15) is 0 Å². The Hall–Kier alpha value is -3.20. The first-order valence-electron chi connectivity index (χ1n) is 6.96. The molecule has 0 radical (unpaired) electrons. The molecule has 1 N–H and O–H groups in total. The van der Waals surface area contributed by atoms with Crippen molar-refractivity contribution >= 4 is 33.8 Å². The van der Waals surface area contributed by atoms with Crippen LogP contribution in [-0.2, 0) is 0 Å². The Morgan fingerprint density at radius 2 is 1.96 bits per heavy atom. The van der Waals surface area contributed by atoms with Crippen LogP contribution in [0.2, 0.25) is 0 Å². The van der Waals surface area contributed by atoms with Gasteiger partial charge in [-0.3, -0.25) is 4.79 Å². The summed E-state index contributed by atoms with van der Waals surface area (Å²) in [5, 5.41) is 13.7. The smallest absolute Gasteiger partial charge is 0.292 e. The zero-order valence-corrected chi connectivity index (χ0v) is 13.0. The summed E-state index contributed by atoms with van der Waals surface area (Å²) in [7, 11) is 0. The predicted molar refractivity (Wildman–Crippen MR) is 88.0 cm³/mol. The number of hydrogen-bond acceptors (Lipinski definition) is 7. The molecule has 1 amide bonds. The lowest BCUT2D eigenvalue weighted by Gasteiger charge is -2.04. The second kappa shape index (κ2) is 6.13. The fourth-order valence-corrected chi connectivity index (χ4v) is 2.70. The number of tetrazole rings is 1.